The Kier molecular flexibility index (Phi) is 6.59. The molecule has 23 heavy (non-hydrogen) atoms. The van der Waals surface area contributed by atoms with E-state index in [1.807, 2.05) is 30.3 Å². The molecule has 0 saturated carbocycles. The first-order valence-corrected chi connectivity index (χ1v) is 8.75. The summed E-state index contributed by atoms with van der Waals surface area (Å²) in [5, 5.41) is 2.74. The van der Waals surface area contributed by atoms with Crippen molar-refractivity contribution < 1.29 is 14.3 Å². The molecule has 120 valence electrons. The van der Waals surface area contributed by atoms with E-state index in [0.717, 1.165) is 13.6 Å². The van der Waals surface area contributed by atoms with E-state index in [-0.39, 0.29) is 5.91 Å². The zero-order chi connectivity index (χ0) is 16.8. The average Bonchev–Trinajstić information content (AvgIpc) is 2.55. The van der Waals surface area contributed by atoms with E-state index < -0.39 is 12.0 Å². The van der Waals surface area contributed by atoms with Gasteiger partial charge < -0.3 is 10.1 Å². The highest BCUT2D eigenvalue weighted by Gasteiger charge is 2.22. The summed E-state index contributed by atoms with van der Waals surface area (Å²) in [6.45, 7) is 0. The van der Waals surface area contributed by atoms with E-state index in [4.69, 9.17) is 4.74 Å². The molecule has 0 aromatic heterocycles. The van der Waals surface area contributed by atoms with Gasteiger partial charge in [0.05, 0.1) is 7.11 Å². The number of esters is 1. The van der Waals surface area contributed by atoms with Crippen molar-refractivity contribution in [1.82, 2.24) is 5.32 Å². The molecule has 0 bridgehead atoms. The molecule has 0 fully saturated rings. The van der Waals surface area contributed by atoms with Crippen LogP contribution in [0.15, 0.2) is 53.0 Å². The third kappa shape index (κ3) is 5.31. The third-order valence-corrected chi connectivity index (χ3v) is 4.44. The number of hydrogen-bond donors (Lipinski definition) is 1. The molecule has 2 aromatic rings. The normalized spacial score (nSPS) is 11.6. The lowest BCUT2D eigenvalue weighted by Gasteiger charge is -2.17. The third-order valence-electron chi connectivity index (χ3n) is 3.23. The Labute approximate surface area is 156 Å². The van der Waals surface area contributed by atoms with Crippen molar-refractivity contribution in [3.63, 3.8) is 0 Å². The number of methoxy groups -OCH3 is 1. The fraction of sp³-hybridized carbons (Fsp3) is 0.176. The molecule has 0 heterocycles. The van der Waals surface area contributed by atoms with Crippen LogP contribution in [-0.2, 0) is 16.0 Å². The summed E-state index contributed by atoms with van der Waals surface area (Å²) in [5.41, 5.74) is 1.44. The minimum atomic E-state index is -0.730. The molecule has 1 atom stereocenters. The highest BCUT2D eigenvalue weighted by Crippen LogP contribution is 2.13. The summed E-state index contributed by atoms with van der Waals surface area (Å²) in [6, 6.07) is 14.1. The summed E-state index contributed by atoms with van der Waals surface area (Å²) < 4.78 is 6.72. The number of carbonyl (C=O) groups is 2. The van der Waals surface area contributed by atoms with Crippen molar-refractivity contribution in [2.24, 2.45) is 0 Å². The van der Waals surface area contributed by atoms with Gasteiger partial charge in [0.2, 0.25) is 0 Å². The Bertz CT molecular complexity index is 703. The van der Waals surface area contributed by atoms with Crippen LogP contribution in [0.4, 0.5) is 0 Å². The average molecular weight is 488 g/mol. The number of hydrogen-bond acceptors (Lipinski definition) is 3. The Balaban J connectivity index is 2.13. The quantitative estimate of drug-likeness (QED) is 0.518. The Morgan fingerprint density at radius 2 is 1.91 bits per heavy atom. The molecule has 0 radical (unpaired) electrons. The molecule has 0 saturated heterocycles. The van der Waals surface area contributed by atoms with Crippen LogP contribution < -0.4 is 5.32 Å². The lowest BCUT2D eigenvalue weighted by Crippen LogP contribution is -2.43. The van der Waals surface area contributed by atoms with Gasteiger partial charge in [-0.3, -0.25) is 4.79 Å². The minimum absolute atomic E-state index is 0.313. The number of benzene rings is 2. The van der Waals surface area contributed by atoms with Crippen molar-refractivity contribution >= 4 is 50.4 Å². The fourth-order valence-corrected chi connectivity index (χ4v) is 2.82. The molecular weight excluding hydrogens is 473 g/mol. The molecule has 0 aliphatic heterocycles. The van der Waals surface area contributed by atoms with Crippen molar-refractivity contribution in [3.8, 4) is 0 Å². The van der Waals surface area contributed by atoms with E-state index in [9.17, 15) is 9.59 Å². The number of halogens is 2. The van der Waals surface area contributed by atoms with Crippen LogP contribution in [0.25, 0.3) is 0 Å². The molecule has 0 unspecified atom stereocenters. The number of carbonyl (C=O) groups excluding carboxylic acids is 2. The molecule has 0 spiro atoms. The molecule has 4 nitrogen and oxygen atoms in total. The maximum absolute atomic E-state index is 12.3. The van der Waals surface area contributed by atoms with Crippen molar-refractivity contribution in [2.75, 3.05) is 7.11 Å². The van der Waals surface area contributed by atoms with Gasteiger partial charge in [-0.1, -0.05) is 34.1 Å². The Morgan fingerprint density at radius 1 is 1.22 bits per heavy atom. The zero-order valence-electron chi connectivity index (χ0n) is 12.4. The maximum atomic E-state index is 12.3. The van der Waals surface area contributed by atoms with Gasteiger partial charge in [-0.15, -0.1) is 0 Å². The Morgan fingerprint density at radius 3 is 2.52 bits per heavy atom. The van der Waals surface area contributed by atoms with Gasteiger partial charge in [0.25, 0.3) is 5.91 Å². The monoisotopic (exact) mass is 487 g/mol. The van der Waals surface area contributed by atoms with Crippen LogP contribution >= 0.6 is 38.5 Å². The van der Waals surface area contributed by atoms with Gasteiger partial charge in [-0.25, -0.2) is 4.79 Å². The molecule has 1 amide bonds. The number of nitrogens with one attached hydrogen (secondary N) is 1. The van der Waals surface area contributed by atoms with E-state index in [1.165, 1.54) is 7.11 Å². The van der Waals surface area contributed by atoms with E-state index in [0.29, 0.717) is 12.0 Å². The molecule has 0 aliphatic rings. The molecule has 1 N–H and O–H groups in total. The lowest BCUT2D eigenvalue weighted by atomic mass is 10.1. The van der Waals surface area contributed by atoms with Crippen molar-refractivity contribution in [1.29, 1.82) is 0 Å². The van der Waals surface area contributed by atoms with Crippen LogP contribution in [-0.4, -0.2) is 25.0 Å². The highest BCUT2D eigenvalue weighted by molar-refractivity contribution is 14.1. The molecule has 2 aromatic carbocycles. The summed E-state index contributed by atoms with van der Waals surface area (Å²) in [6.07, 6.45) is 0.378. The smallest absolute Gasteiger partial charge is 0.328 e. The molecular formula is C17H15BrINO3. The van der Waals surface area contributed by atoms with Crippen molar-refractivity contribution in [3.05, 3.63) is 67.7 Å². The van der Waals surface area contributed by atoms with Gasteiger partial charge in [0.15, 0.2) is 0 Å². The van der Waals surface area contributed by atoms with E-state index >= 15 is 0 Å². The summed E-state index contributed by atoms with van der Waals surface area (Å²) in [7, 11) is 1.31. The number of ether oxygens (including phenoxy) is 1. The standard InChI is InChI=1S/C17H15BrINO3/c1-23-17(22)15(9-11-5-7-14(19)8-6-11)20-16(21)12-3-2-4-13(18)10-12/h2-8,10,15H,9H2,1H3,(H,20,21)/t15-/m1/s1. The van der Waals surface area contributed by atoms with E-state index in [1.54, 1.807) is 18.2 Å². The van der Waals surface area contributed by atoms with Gasteiger partial charge in [0, 0.05) is 20.0 Å². The second-order valence-corrected chi connectivity index (χ2v) is 7.05. The first-order valence-electron chi connectivity index (χ1n) is 6.88. The summed E-state index contributed by atoms with van der Waals surface area (Å²) in [5.74, 6) is -0.779. The molecule has 2 rings (SSSR count). The summed E-state index contributed by atoms with van der Waals surface area (Å²) in [4.78, 5) is 24.3. The van der Waals surface area contributed by atoms with E-state index in [2.05, 4.69) is 43.8 Å². The van der Waals surface area contributed by atoms with Crippen molar-refractivity contribution in [2.45, 2.75) is 12.5 Å². The lowest BCUT2D eigenvalue weighted by molar-refractivity contribution is -0.142. The Hall–Kier alpha value is -1.41. The van der Waals surface area contributed by atoms with Crippen LogP contribution in [0, 0.1) is 3.57 Å². The van der Waals surface area contributed by atoms with Gasteiger partial charge in [-0.2, -0.15) is 0 Å². The molecule has 6 heteroatoms. The number of amides is 1. The topological polar surface area (TPSA) is 55.4 Å². The first-order chi connectivity index (χ1) is 11.0. The predicted molar refractivity (Wildman–Crippen MR) is 100 cm³/mol. The highest BCUT2D eigenvalue weighted by atomic mass is 127. The minimum Gasteiger partial charge on any atom is -0.467 e. The van der Waals surface area contributed by atoms with Crippen LogP contribution in [0.3, 0.4) is 0 Å². The van der Waals surface area contributed by atoms with Crippen LogP contribution in [0.5, 0.6) is 0 Å². The summed E-state index contributed by atoms with van der Waals surface area (Å²) >= 11 is 5.54. The predicted octanol–water partition coefficient (Wildman–Crippen LogP) is 3.57. The zero-order valence-corrected chi connectivity index (χ0v) is 16.1. The first kappa shape index (κ1) is 17.9. The number of rotatable bonds is 5. The second kappa shape index (κ2) is 8.44. The largest absolute Gasteiger partial charge is 0.467 e. The SMILES string of the molecule is COC(=O)[C@@H](Cc1ccc(I)cc1)NC(=O)c1cccc(Br)c1. The van der Waals surface area contributed by atoms with Gasteiger partial charge in [0.1, 0.15) is 6.04 Å². The maximum Gasteiger partial charge on any atom is 0.328 e. The van der Waals surface area contributed by atoms with Gasteiger partial charge in [-0.05, 0) is 58.5 Å². The van der Waals surface area contributed by atoms with Crippen LogP contribution in [0.2, 0.25) is 0 Å². The molecule has 0 aliphatic carbocycles. The van der Waals surface area contributed by atoms with Crippen LogP contribution in [0.1, 0.15) is 15.9 Å². The van der Waals surface area contributed by atoms with Gasteiger partial charge >= 0.3 is 5.97 Å². The second-order valence-electron chi connectivity index (χ2n) is 4.89. The fourth-order valence-electron chi connectivity index (χ4n) is 2.06.